The van der Waals surface area contributed by atoms with Crippen LogP contribution >= 0.6 is 0 Å². The smallest absolute Gasteiger partial charge is 0.550 e. The monoisotopic (exact) mass is 432 g/mol. The van der Waals surface area contributed by atoms with Crippen molar-refractivity contribution in [1.29, 1.82) is 5.41 Å². The number of hydrogen-bond acceptors (Lipinski definition) is 10. The molecule has 144 valence electrons. The number of guanidine groups is 1. The van der Waals surface area contributed by atoms with Crippen molar-refractivity contribution in [1.82, 2.24) is 5.32 Å². The number of aliphatic hydroxyl groups is 1. The van der Waals surface area contributed by atoms with E-state index in [0.29, 0.717) is 19.4 Å². The minimum absolute atomic E-state index is 0. The van der Waals surface area contributed by atoms with Gasteiger partial charge in [-0.25, -0.2) is 0 Å². The van der Waals surface area contributed by atoms with Gasteiger partial charge in [0.1, 0.15) is 11.6 Å². The first-order valence-corrected chi connectivity index (χ1v) is 6.71. The topological polar surface area (TPSA) is 266 Å². The van der Waals surface area contributed by atoms with Crippen LogP contribution in [0.2, 0.25) is 0 Å². The molecule has 0 bridgehead atoms. The molecule has 28 heavy (non-hydrogen) atoms. The first-order chi connectivity index (χ1) is 11.3. The van der Waals surface area contributed by atoms with Crippen molar-refractivity contribution >= 4 is 29.8 Å². The van der Waals surface area contributed by atoms with Crippen LogP contribution in [0.25, 0.3) is 0 Å². The van der Waals surface area contributed by atoms with E-state index in [2.05, 4.69) is 5.32 Å². The van der Waals surface area contributed by atoms with Crippen LogP contribution in [0.15, 0.2) is 0 Å². The normalized spacial score (nSPS) is 10.2. The molecular weight excluding hydrogens is 413 g/mol. The summed E-state index contributed by atoms with van der Waals surface area (Å²) in [7, 11) is 0. The fourth-order valence-electron chi connectivity index (χ4n) is 1.35. The molecule has 0 aliphatic rings. The molecule has 0 aliphatic heterocycles. The van der Waals surface area contributed by atoms with Gasteiger partial charge in [0, 0.05) is 31.3 Å². The maximum atomic E-state index is 10.2. The molecule has 0 spiro atoms. The SMILES string of the molecule is N=C(N)NCCCC(N)C(=O)O.O=C([O-])CC(O)(CC(=O)[O-])C(=O)[O-].[Na+].[Na+].[Na+]. The average Bonchev–Trinajstić information content (AvgIpc) is 2.41. The third kappa shape index (κ3) is 22.4. The van der Waals surface area contributed by atoms with Gasteiger partial charge in [-0.1, -0.05) is 0 Å². The number of rotatable bonds is 10. The molecule has 0 saturated heterocycles. The maximum Gasteiger partial charge on any atom is 1.00 e. The molecule has 0 saturated carbocycles. The first kappa shape index (κ1) is 38.6. The zero-order valence-corrected chi connectivity index (χ0v) is 22.0. The number of nitrogens with one attached hydrogen (secondary N) is 2. The molecule has 0 fully saturated rings. The molecule has 0 heterocycles. The van der Waals surface area contributed by atoms with E-state index in [0.717, 1.165) is 0 Å². The molecular formula is C12H19N4Na3O9. The van der Waals surface area contributed by atoms with Gasteiger partial charge in [-0.15, -0.1) is 0 Å². The molecule has 0 aromatic rings. The van der Waals surface area contributed by atoms with E-state index in [1.165, 1.54) is 0 Å². The van der Waals surface area contributed by atoms with Crippen LogP contribution in [0.3, 0.4) is 0 Å². The molecule has 16 heteroatoms. The van der Waals surface area contributed by atoms with Gasteiger partial charge in [-0.3, -0.25) is 10.2 Å². The molecule has 0 rings (SSSR count). The Labute approximate surface area is 227 Å². The predicted octanol–water partition coefficient (Wildman–Crippen LogP) is -15.6. The summed E-state index contributed by atoms with van der Waals surface area (Å²) in [5.74, 6) is -7.10. The number of aliphatic carboxylic acids is 4. The molecule has 8 N–H and O–H groups in total. The van der Waals surface area contributed by atoms with Crippen molar-refractivity contribution in [2.24, 2.45) is 11.5 Å². The van der Waals surface area contributed by atoms with E-state index in [1.54, 1.807) is 0 Å². The Morgan fingerprint density at radius 1 is 1.04 bits per heavy atom. The van der Waals surface area contributed by atoms with Crippen molar-refractivity contribution < 1.29 is 133 Å². The summed E-state index contributed by atoms with van der Waals surface area (Å²) in [6.07, 6.45) is -1.74. The Kier molecular flexibility index (Phi) is 28.1. The van der Waals surface area contributed by atoms with Crippen LogP contribution in [0, 0.1) is 5.41 Å². The molecule has 0 amide bonds. The molecule has 1 atom stereocenters. The zero-order valence-electron chi connectivity index (χ0n) is 16.0. The number of hydrogen-bond donors (Lipinski definition) is 6. The van der Waals surface area contributed by atoms with Crippen molar-refractivity contribution in [2.75, 3.05) is 6.54 Å². The van der Waals surface area contributed by atoms with Gasteiger partial charge in [-0.05, 0) is 12.8 Å². The summed E-state index contributed by atoms with van der Waals surface area (Å²) in [6, 6.07) is -0.821. The largest absolute Gasteiger partial charge is 1.00 e. The third-order valence-corrected chi connectivity index (χ3v) is 2.58. The number of carboxylic acids is 4. The summed E-state index contributed by atoms with van der Waals surface area (Å²) in [5.41, 5.74) is 7.24. The van der Waals surface area contributed by atoms with Crippen LogP contribution < -0.4 is 121 Å². The van der Waals surface area contributed by atoms with Crippen LogP contribution in [-0.2, 0) is 19.2 Å². The van der Waals surface area contributed by atoms with E-state index in [-0.39, 0.29) is 94.6 Å². The van der Waals surface area contributed by atoms with Gasteiger partial charge in [0.2, 0.25) is 0 Å². The van der Waals surface area contributed by atoms with E-state index in [4.69, 9.17) is 27.1 Å². The Hall–Kier alpha value is 0.0700. The average molecular weight is 432 g/mol. The fraction of sp³-hybridized carbons (Fsp3) is 0.583. The van der Waals surface area contributed by atoms with E-state index >= 15 is 0 Å². The summed E-state index contributed by atoms with van der Waals surface area (Å²) < 4.78 is 0. The van der Waals surface area contributed by atoms with Crippen LogP contribution in [0.4, 0.5) is 0 Å². The van der Waals surface area contributed by atoms with E-state index in [1.807, 2.05) is 0 Å². The van der Waals surface area contributed by atoms with Gasteiger partial charge in [0.25, 0.3) is 0 Å². The molecule has 0 aliphatic carbocycles. The van der Waals surface area contributed by atoms with Gasteiger partial charge in [0.15, 0.2) is 5.96 Å². The van der Waals surface area contributed by atoms with Gasteiger partial charge < -0.3 is 56.7 Å². The summed E-state index contributed by atoms with van der Waals surface area (Å²) >= 11 is 0. The molecule has 13 nitrogen and oxygen atoms in total. The second kappa shape index (κ2) is 20.3. The summed E-state index contributed by atoms with van der Waals surface area (Å²) in [6.45, 7) is 0.482. The van der Waals surface area contributed by atoms with Gasteiger partial charge >= 0.3 is 94.6 Å². The molecule has 0 radical (unpaired) electrons. The van der Waals surface area contributed by atoms with Crippen molar-refractivity contribution in [3.8, 4) is 0 Å². The fourth-order valence-corrected chi connectivity index (χ4v) is 1.35. The minimum Gasteiger partial charge on any atom is -0.550 e. The number of carbonyl (C=O) groups excluding carboxylic acids is 3. The Morgan fingerprint density at radius 2 is 1.43 bits per heavy atom. The number of carboxylic acid groups (broad SMARTS) is 4. The standard InChI is InChI=1S/C6H14N4O2.C6H8O7.3Na/c7-4(5(11)12)2-1-3-10-6(8)9;7-3(8)1-6(13,5(11)12)2-4(9)10;;;/h4H,1-3,7H2,(H,11,12)(H4,8,9,10);13H,1-2H2,(H,7,8)(H,9,10)(H,11,12);;;/q;;3*+1/p-3. The van der Waals surface area contributed by atoms with Crippen molar-refractivity contribution in [2.45, 2.75) is 37.3 Å². The Bertz CT molecular complexity index is 507. The summed E-state index contributed by atoms with van der Waals surface area (Å²) in [5, 5.41) is 56.6. The number of carbonyl (C=O) groups is 4. The second-order valence-electron chi connectivity index (χ2n) is 4.84. The van der Waals surface area contributed by atoms with Crippen LogP contribution in [0.5, 0.6) is 0 Å². The van der Waals surface area contributed by atoms with E-state index in [9.17, 15) is 34.5 Å². The van der Waals surface area contributed by atoms with Crippen molar-refractivity contribution in [3.63, 3.8) is 0 Å². The van der Waals surface area contributed by atoms with Gasteiger partial charge in [0.05, 0.1) is 5.97 Å². The zero-order chi connectivity index (χ0) is 20.2. The minimum atomic E-state index is -2.97. The molecule has 1 unspecified atom stereocenters. The van der Waals surface area contributed by atoms with Crippen molar-refractivity contribution in [3.05, 3.63) is 0 Å². The maximum absolute atomic E-state index is 10.2. The molecule has 0 aromatic heterocycles. The Morgan fingerprint density at radius 3 is 1.68 bits per heavy atom. The molecule has 0 aromatic carbocycles. The number of nitrogens with two attached hydrogens (primary N) is 2. The van der Waals surface area contributed by atoms with Crippen LogP contribution in [-0.4, -0.2) is 58.2 Å². The predicted molar refractivity (Wildman–Crippen MR) is 74.0 cm³/mol. The third-order valence-electron chi connectivity index (χ3n) is 2.58. The van der Waals surface area contributed by atoms with Crippen LogP contribution in [0.1, 0.15) is 25.7 Å². The Balaban J connectivity index is -0.000000114. The van der Waals surface area contributed by atoms with Gasteiger partial charge in [-0.2, -0.15) is 0 Å². The quantitative estimate of drug-likeness (QED) is 0.0813. The van der Waals surface area contributed by atoms with E-state index < -0.39 is 48.4 Å². The second-order valence-corrected chi connectivity index (χ2v) is 4.84. The summed E-state index contributed by atoms with van der Waals surface area (Å²) in [4.78, 5) is 40.2. The first-order valence-electron chi connectivity index (χ1n) is 6.71.